The van der Waals surface area contributed by atoms with E-state index in [4.69, 9.17) is 10.7 Å². The van der Waals surface area contributed by atoms with Crippen molar-refractivity contribution in [2.45, 2.75) is 13.5 Å². The summed E-state index contributed by atoms with van der Waals surface area (Å²) in [5, 5.41) is 0.884. The monoisotopic (exact) mass is 282 g/mol. The topological polar surface area (TPSA) is 64.7 Å². The summed E-state index contributed by atoms with van der Waals surface area (Å²) in [4.78, 5) is 14.3. The zero-order valence-corrected chi connectivity index (χ0v) is 11.9. The number of aromatic nitrogens is 3. The minimum Gasteiger partial charge on any atom is -0.326 e. The molecule has 2 aromatic heterocycles. The molecule has 0 saturated carbocycles. The lowest BCUT2D eigenvalue weighted by atomic mass is 10.1. The van der Waals surface area contributed by atoms with E-state index < -0.39 is 0 Å². The summed E-state index contributed by atoms with van der Waals surface area (Å²) in [7, 11) is 0. The fourth-order valence-corrected chi connectivity index (χ4v) is 2.93. The van der Waals surface area contributed by atoms with Crippen LogP contribution in [0.5, 0.6) is 0 Å². The van der Waals surface area contributed by atoms with Crippen molar-refractivity contribution in [1.29, 1.82) is 0 Å². The molecular formula is C15H14N4S. The summed E-state index contributed by atoms with van der Waals surface area (Å²) in [6.45, 7) is 2.35. The van der Waals surface area contributed by atoms with Crippen molar-refractivity contribution >= 4 is 11.3 Å². The number of nitrogens with two attached hydrogens (primary N) is 1. The van der Waals surface area contributed by atoms with E-state index in [-0.39, 0.29) is 0 Å². The maximum absolute atomic E-state index is 5.85. The minimum atomic E-state index is 0.478. The van der Waals surface area contributed by atoms with Crippen LogP contribution >= 0.6 is 11.3 Å². The van der Waals surface area contributed by atoms with Crippen molar-refractivity contribution in [3.63, 3.8) is 0 Å². The van der Waals surface area contributed by atoms with Crippen LogP contribution in [0.3, 0.4) is 0 Å². The first-order valence-corrected chi connectivity index (χ1v) is 7.15. The van der Waals surface area contributed by atoms with E-state index >= 15 is 0 Å². The minimum absolute atomic E-state index is 0.478. The number of nitrogens with zero attached hydrogens (tertiary/aromatic N) is 3. The molecule has 0 fully saturated rings. The molecule has 3 aromatic rings. The molecule has 0 aliphatic rings. The van der Waals surface area contributed by atoms with Gasteiger partial charge in [-0.2, -0.15) is 0 Å². The molecule has 0 saturated heterocycles. The van der Waals surface area contributed by atoms with Crippen molar-refractivity contribution in [3.8, 4) is 22.0 Å². The smallest absolute Gasteiger partial charge is 0.143 e. The van der Waals surface area contributed by atoms with Gasteiger partial charge in [0.25, 0.3) is 0 Å². The molecule has 2 N–H and O–H groups in total. The third-order valence-corrected chi connectivity index (χ3v) is 4.03. The molecule has 0 atom stereocenters. The highest BCUT2D eigenvalue weighted by Gasteiger charge is 2.14. The van der Waals surface area contributed by atoms with Gasteiger partial charge in [-0.25, -0.2) is 15.0 Å². The third-order valence-electron chi connectivity index (χ3n) is 2.93. The van der Waals surface area contributed by atoms with E-state index in [0.29, 0.717) is 6.54 Å². The first kappa shape index (κ1) is 12.9. The van der Waals surface area contributed by atoms with E-state index in [0.717, 1.165) is 32.7 Å². The average Bonchev–Trinajstić information content (AvgIpc) is 2.92. The predicted octanol–water partition coefficient (Wildman–Crippen LogP) is 3.03. The van der Waals surface area contributed by atoms with Gasteiger partial charge in [-0.15, -0.1) is 11.3 Å². The zero-order chi connectivity index (χ0) is 13.9. The van der Waals surface area contributed by atoms with Gasteiger partial charge in [0.2, 0.25) is 0 Å². The van der Waals surface area contributed by atoms with Crippen LogP contribution in [0.15, 0.2) is 42.6 Å². The van der Waals surface area contributed by atoms with E-state index in [2.05, 4.69) is 9.97 Å². The molecule has 3 rings (SSSR count). The van der Waals surface area contributed by atoms with E-state index in [1.807, 2.05) is 43.3 Å². The number of hydrogen-bond donors (Lipinski definition) is 1. The molecule has 0 radical (unpaired) electrons. The predicted molar refractivity (Wildman–Crippen MR) is 81.2 cm³/mol. The van der Waals surface area contributed by atoms with Crippen molar-refractivity contribution < 1.29 is 0 Å². The lowest BCUT2D eigenvalue weighted by Gasteiger charge is -1.98. The van der Waals surface area contributed by atoms with E-state index in [1.165, 1.54) is 0 Å². The number of rotatable bonds is 3. The highest BCUT2D eigenvalue weighted by Crippen LogP contribution is 2.32. The Morgan fingerprint density at radius 2 is 1.90 bits per heavy atom. The third kappa shape index (κ3) is 2.45. The Balaban J connectivity index is 2.10. The molecule has 20 heavy (non-hydrogen) atoms. The van der Waals surface area contributed by atoms with Gasteiger partial charge in [0.15, 0.2) is 0 Å². The Hall–Kier alpha value is -2.11. The second-order valence-electron chi connectivity index (χ2n) is 4.35. The number of aryl methyl sites for hydroxylation is 1. The van der Waals surface area contributed by atoms with Gasteiger partial charge in [0, 0.05) is 23.2 Å². The standard InChI is InChI=1S/C15H14N4S/c1-10-17-8-7-12(18-10)15-19-14(13(9-16)20-15)11-5-3-2-4-6-11/h2-8H,9,16H2,1H3. The number of benzene rings is 1. The fraction of sp³-hybridized carbons (Fsp3) is 0.133. The van der Waals surface area contributed by atoms with Crippen LogP contribution in [0.1, 0.15) is 10.7 Å². The Labute approximate surface area is 121 Å². The van der Waals surface area contributed by atoms with Gasteiger partial charge >= 0.3 is 0 Å². The van der Waals surface area contributed by atoms with Gasteiger partial charge in [-0.1, -0.05) is 30.3 Å². The Morgan fingerprint density at radius 3 is 2.60 bits per heavy atom. The molecule has 0 amide bonds. The summed E-state index contributed by atoms with van der Waals surface area (Å²) in [5.74, 6) is 0.744. The molecule has 0 unspecified atom stereocenters. The van der Waals surface area contributed by atoms with Crippen molar-refractivity contribution in [2.24, 2.45) is 5.73 Å². The lowest BCUT2D eigenvalue weighted by molar-refractivity contribution is 1.05. The van der Waals surface area contributed by atoms with E-state index in [9.17, 15) is 0 Å². The Kier molecular flexibility index (Phi) is 3.54. The Morgan fingerprint density at radius 1 is 1.10 bits per heavy atom. The maximum Gasteiger partial charge on any atom is 0.143 e. The molecule has 1 aromatic carbocycles. The SMILES string of the molecule is Cc1nccc(-c2nc(-c3ccccc3)c(CN)s2)n1. The summed E-state index contributed by atoms with van der Waals surface area (Å²) in [6.07, 6.45) is 1.75. The van der Waals surface area contributed by atoms with Crippen LogP contribution < -0.4 is 5.73 Å². The van der Waals surface area contributed by atoms with Crippen LogP contribution in [0, 0.1) is 6.92 Å². The zero-order valence-electron chi connectivity index (χ0n) is 11.1. The summed E-state index contributed by atoms with van der Waals surface area (Å²) >= 11 is 1.59. The summed E-state index contributed by atoms with van der Waals surface area (Å²) in [5.41, 5.74) is 8.73. The molecule has 100 valence electrons. The van der Waals surface area contributed by atoms with Crippen LogP contribution in [-0.4, -0.2) is 15.0 Å². The molecule has 0 aliphatic heterocycles. The van der Waals surface area contributed by atoms with Crippen LogP contribution in [0.25, 0.3) is 22.0 Å². The molecular weight excluding hydrogens is 268 g/mol. The molecule has 2 heterocycles. The molecule has 0 spiro atoms. The second-order valence-corrected chi connectivity index (χ2v) is 5.43. The second kappa shape index (κ2) is 5.48. The molecule has 4 nitrogen and oxygen atoms in total. The summed E-state index contributed by atoms with van der Waals surface area (Å²) < 4.78 is 0. The van der Waals surface area contributed by atoms with Crippen LogP contribution in [-0.2, 0) is 6.54 Å². The van der Waals surface area contributed by atoms with Crippen LogP contribution in [0.2, 0.25) is 0 Å². The van der Waals surface area contributed by atoms with Gasteiger partial charge < -0.3 is 5.73 Å². The molecule has 5 heteroatoms. The molecule has 0 bridgehead atoms. The first-order valence-electron chi connectivity index (χ1n) is 6.33. The van der Waals surface area contributed by atoms with Crippen LogP contribution in [0.4, 0.5) is 0 Å². The van der Waals surface area contributed by atoms with Gasteiger partial charge in [-0.3, -0.25) is 0 Å². The fourth-order valence-electron chi connectivity index (χ4n) is 2.00. The van der Waals surface area contributed by atoms with Crippen molar-refractivity contribution in [3.05, 3.63) is 53.3 Å². The highest BCUT2D eigenvalue weighted by atomic mass is 32.1. The van der Waals surface area contributed by atoms with Gasteiger partial charge in [0.1, 0.15) is 16.5 Å². The first-order chi connectivity index (χ1) is 9.78. The largest absolute Gasteiger partial charge is 0.326 e. The summed E-state index contributed by atoms with van der Waals surface area (Å²) in [6, 6.07) is 12.0. The highest BCUT2D eigenvalue weighted by molar-refractivity contribution is 7.15. The van der Waals surface area contributed by atoms with Gasteiger partial charge in [0.05, 0.1) is 5.69 Å². The van der Waals surface area contributed by atoms with Gasteiger partial charge in [-0.05, 0) is 13.0 Å². The van der Waals surface area contributed by atoms with Crippen molar-refractivity contribution in [1.82, 2.24) is 15.0 Å². The Bertz CT molecular complexity index is 722. The molecule has 0 aliphatic carbocycles. The maximum atomic E-state index is 5.85. The average molecular weight is 282 g/mol. The quantitative estimate of drug-likeness (QED) is 0.802. The number of thiazole rings is 1. The normalized spacial score (nSPS) is 10.7. The number of hydrogen-bond acceptors (Lipinski definition) is 5. The van der Waals surface area contributed by atoms with Crippen molar-refractivity contribution in [2.75, 3.05) is 0 Å². The van der Waals surface area contributed by atoms with E-state index in [1.54, 1.807) is 17.5 Å². The lowest BCUT2D eigenvalue weighted by Crippen LogP contribution is -1.95.